The quantitative estimate of drug-likeness (QED) is 0.431. The molecule has 7 heteroatoms. The Bertz CT molecular complexity index is 1070. The molecule has 0 saturated heterocycles. The van der Waals surface area contributed by atoms with E-state index in [1.54, 1.807) is 0 Å². The number of fused-ring (bicyclic) bond motifs is 1. The minimum absolute atomic E-state index is 0.00417. The van der Waals surface area contributed by atoms with E-state index in [0.29, 0.717) is 32.0 Å². The Morgan fingerprint density at radius 3 is 2.67 bits per heavy atom. The van der Waals surface area contributed by atoms with Crippen molar-refractivity contribution in [3.8, 4) is 0 Å². The molecule has 7 nitrogen and oxygen atoms in total. The van der Waals surface area contributed by atoms with Crippen molar-refractivity contribution in [3.05, 3.63) is 66.0 Å². The number of nitrogens with one attached hydrogen (secondary N) is 3. The molecule has 3 amide bonds. The monoisotopic (exact) mass is 447 g/mol. The molecular formula is C26H33N5O2. The number of rotatable bonds is 9. The number of amides is 3. The van der Waals surface area contributed by atoms with Crippen molar-refractivity contribution < 1.29 is 9.59 Å². The van der Waals surface area contributed by atoms with Crippen LogP contribution in [0.3, 0.4) is 0 Å². The minimum atomic E-state index is -0.121. The smallest absolute Gasteiger partial charge is 0.315 e. The van der Waals surface area contributed by atoms with Crippen molar-refractivity contribution in [1.82, 2.24) is 25.5 Å². The van der Waals surface area contributed by atoms with Gasteiger partial charge in [-0.15, -0.1) is 0 Å². The van der Waals surface area contributed by atoms with Gasteiger partial charge < -0.3 is 20.5 Å². The van der Waals surface area contributed by atoms with Crippen LogP contribution in [0.5, 0.6) is 0 Å². The van der Waals surface area contributed by atoms with E-state index in [4.69, 9.17) is 0 Å². The molecule has 33 heavy (non-hydrogen) atoms. The van der Waals surface area contributed by atoms with Crippen LogP contribution in [0.25, 0.3) is 11.0 Å². The fourth-order valence-corrected chi connectivity index (χ4v) is 4.39. The van der Waals surface area contributed by atoms with Gasteiger partial charge in [0.25, 0.3) is 0 Å². The van der Waals surface area contributed by atoms with Crippen LogP contribution in [0.4, 0.5) is 4.79 Å². The third-order valence-electron chi connectivity index (χ3n) is 6.17. The summed E-state index contributed by atoms with van der Waals surface area (Å²) in [7, 11) is 0. The minimum Gasteiger partial charge on any atom is -0.352 e. The topological polar surface area (TPSA) is 88.0 Å². The van der Waals surface area contributed by atoms with Crippen LogP contribution >= 0.6 is 0 Å². The highest BCUT2D eigenvalue weighted by Gasteiger charge is 2.15. The Morgan fingerprint density at radius 1 is 0.970 bits per heavy atom. The maximum atomic E-state index is 12.2. The van der Waals surface area contributed by atoms with Gasteiger partial charge in [-0.2, -0.15) is 0 Å². The first kappa shape index (κ1) is 22.8. The van der Waals surface area contributed by atoms with Crippen molar-refractivity contribution in [2.75, 3.05) is 6.54 Å². The second kappa shape index (κ2) is 11.5. The Labute approximate surface area is 195 Å². The van der Waals surface area contributed by atoms with Gasteiger partial charge >= 0.3 is 6.03 Å². The number of nitrogens with zero attached hydrogens (tertiary/aromatic N) is 2. The number of imidazole rings is 1. The summed E-state index contributed by atoms with van der Waals surface area (Å²) in [6.45, 7) is 1.73. The van der Waals surface area contributed by atoms with E-state index in [1.165, 1.54) is 19.3 Å². The average molecular weight is 448 g/mol. The fraction of sp³-hybridized carbons (Fsp3) is 0.423. The number of carbonyl (C=O) groups excluding carboxylic acids is 2. The summed E-state index contributed by atoms with van der Waals surface area (Å²) in [6, 6.07) is 16.5. The van der Waals surface area contributed by atoms with Gasteiger partial charge in [0.05, 0.1) is 17.4 Å². The summed E-state index contributed by atoms with van der Waals surface area (Å²) in [5, 5.41) is 8.87. The first-order valence-corrected chi connectivity index (χ1v) is 12.0. The lowest BCUT2D eigenvalue weighted by Gasteiger charge is -2.22. The van der Waals surface area contributed by atoms with Crippen LogP contribution in [0.2, 0.25) is 0 Å². The molecule has 3 N–H and O–H groups in total. The molecule has 1 aromatic heterocycles. The van der Waals surface area contributed by atoms with Gasteiger partial charge in [-0.25, -0.2) is 9.78 Å². The average Bonchev–Trinajstić information content (AvgIpc) is 3.24. The molecule has 1 saturated carbocycles. The van der Waals surface area contributed by atoms with Crippen molar-refractivity contribution in [2.24, 2.45) is 0 Å². The molecule has 0 unspecified atom stereocenters. The zero-order chi connectivity index (χ0) is 22.9. The van der Waals surface area contributed by atoms with Crippen molar-refractivity contribution >= 4 is 23.0 Å². The van der Waals surface area contributed by atoms with Gasteiger partial charge in [0.15, 0.2) is 0 Å². The first-order chi connectivity index (χ1) is 16.2. The van der Waals surface area contributed by atoms with Gasteiger partial charge in [-0.05, 0) is 42.5 Å². The number of para-hydroxylation sites is 2. The van der Waals surface area contributed by atoms with Crippen LogP contribution in [0.15, 0.2) is 54.9 Å². The molecule has 1 heterocycles. The van der Waals surface area contributed by atoms with E-state index in [0.717, 1.165) is 41.5 Å². The highest BCUT2D eigenvalue weighted by molar-refractivity contribution is 5.76. The molecule has 2 aromatic carbocycles. The number of benzene rings is 2. The molecule has 0 aliphatic heterocycles. The first-order valence-electron chi connectivity index (χ1n) is 12.0. The van der Waals surface area contributed by atoms with E-state index in [2.05, 4.69) is 43.7 Å². The lowest BCUT2D eigenvalue weighted by atomic mass is 9.96. The maximum Gasteiger partial charge on any atom is 0.315 e. The zero-order valence-corrected chi connectivity index (χ0v) is 19.1. The van der Waals surface area contributed by atoms with E-state index in [-0.39, 0.29) is 11.9 Å². The van der Waals surface area contributed by atoms with Crippen LogP contribution in [-0.2, 0) is 17.9 Å². The summed E-state index contributed by atoms with van der Waals surface area (Å²) in [6.07, 6.45) is 8.65. The van der Waals surface area contributed by atoms with Gasteiger partial charge in [-0.1, -0.05) is 55.7 Å². The number of hydrogen-bond acceptors (Lipinski definition) is 3. The number of hydrogen-bond donors (Lipinski definition) is 3. The molecule has 3 aromatic rings. The third-order valence-corrected chi connectivity index (χ3v) is 6.17. The van der Waals surface area contributed by atoms with Crippen molar-refractivity contribution in [3.63, 3.8) is 0 Å². The second-order valence-corrected chi connectivity index (χ2v) is 8.80. The van der Waals surface area contributed by atoms with Gasteiger partial charge in [0.2, 0.25) is 5.91 Å². The highest BCUT2D eigenvalue weighted by atomic mass is 16.2. The molecule has 174 valence electrons. The zero-order valence-electron chi connectivity index (χ0n) is 19.1. The molecule has 1 fully saturated rings. The lowest BCUT2D eigenvalue weighted by molar-refractivity contribution is -0.121. The van der Waals surface area contributed by atoms with Crippen LogP contribution in [-0.4, -0.2) is 34.1 Å². The predicted molar refractivity (Wildman–Crippen MR) is 130 cm³/mol. The normalized spacial score (nSPS) is 14.2. The largest absolute Gasteiger partial charge is 0.352 e. The van der Waals surface area contributed by atoms with E-state index in [1.807, 2.05) is 36.7 Å². The number of carbonyl (C=O) groups is 2. The summed E-state index contributed by atoms with van der Waals surface area (Å²) in [5.41, 5.74) is 4.33. The Kier molecular flexibility index (Phi) is 7.95. The third kappa shape index (κ3) is 6.81. The Morgan fingerprint density at radius 2 is 1.79 bits per heavy atom. The second-order valence-electron chi connectivity index (χ2n) is 8.80. The van der Waals surface area contributed by atoms with Crippen LogP contribution in [0, 0.1) is 0 Å². The van der Waals surface area contributed by atoms with E-state index >= 15 is 0 Å². The molecule has 1 aliphatic carbocycles. The van der Waals surface area contributed by atoms with Crippen molar-refractivity contribution in [1.29, 1.82) is 0 Å². The number of urea groups is 1. The van der Waals surface area contributed by atoms with Gasteiger partial charge in [0.1, 0.15) is 0 Å². The SMILES string of the molecule is O=C(CCCNC(=O)NC1CCCCC1)NCc1cccc(Cn2cnc3ccccc32)c1. The molecule has 4 rings (SSSR count). The lowest BCUT2D eigenvalue weighted by Crippen LogP contribution is -2.43. The van der Waals surface area contributed by atoms with E-state index in [9.17, 15) is 9.59 Å². The van der Waals surface area contributed by atoms with Gasteiger partial charge in [0, 0.05) is 32.1 Å². The maximum absolute atomic E-state index is 12.2. The molecule has 1 aliphatic rings. The van der Waals surface area contributed by atoms with E-state index < -0.39 is 0 Å². The van der Waals surface area contributed by atoms with Crippen molar-refractivity contribution in [2.45, 2.75) is 64.1 Å². The number of aromatic nitrogens is 2. The predicted octanol–water partition coefficient (Wildman–Crippen LogP) is 4.11. The highest BCUT2D eigenvalue weighted by Crippen LogP contribution is 2.17. The fourth-order valence-electron chi connectivity index (χ4n) is 4.39. The Balaban J connectivity index is 1.16. The summed E-state index contributed by atoms with van der Waals surface area (Å²) in [4.78, 5) is 28.6. The molecule has 0 atom stereocenters. The van der Waals surface area contributed by atoms with Gasteiger partial charge in [-0.3, -0.25) is 4.79 Å². The summed E-state index contributed by atoms with van der Waals surface area (Å²) >= 11 is 0. The Hall–Kier alpha value is -3.35. The molecular weight excluding hydrogens is 414 g/mol. The summed E-state index contributed by atoms with van der Waals surface area (Å²) < 4.78 is 2.13. The summed E-state index contributed by atoms with van der Waals surface area (Å²) in [5.74, 6) is -0.00417. The molecule has 0 bridgehead atoms. The standard InChI is InChI=1S/C26H33N5O2/c32-25(14-7-15-27-26(33)30-22-10-2-1-3-11-22)28-17-20-8-6-9-21(16-20)18-31-19-29-23-12-4-5-13-24(23)31/h4-6,8-9,12-13,16,19,22H,1-3,7,10-11,14-15,17-18H2,(H,28,32)(H2,27,30,33). The van der Waals surface area contributed by atoms with Crippen LogP contribution < -0.4 is 16.0 Å². The molecule has 0 spiro atoms. The van der Waals surface area contributed by atoms with Crippen LogP contribution in [0.1, 0.15) is 56.1 Å². The molecule has 0 radical (unpaired) electrons.